The number of nitrogens with one attached hydrogen (secondary N) is 1. The third kappa shape index (κ3) is 1.66. The minimum absolute atomic E-state index is 0.139. The Balaban J connectivity index is 1.88. The molecule has 0 unspecified atom stereocenters. The number of nitrogens with zero attached hydrogens (tertiary/aromatic N) is 5. The molecule has 120 valence electrons. The number of halogens is 3. The smallest absolute Gasteiger partial charge is 0.229 e. The molecule has 0 saturated carbocycles. The fourth-order valence-electron chi connectivity index (χ4n) is 3.23. The Bertz CT molecular complexity index is 1130. The van der Waals surface area contributed by atoms with E-state index in [1.54, 1.807) is 15.4 Å². The van der Waals surface area contributed by atoms with Gasteiger partial charge in [-0.15, -0.1) is 0 Å². The van der Waals surface area contributed by atoms with Gasteiger partial charge in [-0.05, 0) is 12.1 Å². The van der Waals surface area contributed by atoms with E-state index in [9.17, 15) is 8.78 Å². The normalized spacial score (nSPS) is 14.7. The van der Waals surface area contributed by atoms with Crippen molar-refractivity contribution in [1.29, 1.82) is 0 Å². The maximum absolute atomic E-state index is 14.4. The van der Waals surface area contributed by atoms with Crippen molar-refractivity contribution in [3.63, 3.8) is 0 Å². The quantitative estimate of drug-likeness (QED) is 0.675. The van der Waals surface area contributed by atoms with Gasteiger partial charge in [-0.3, -0.25) is 0 Å². The van der Waals surface area contributed by atoms with Gasteiger partial charge in [0.2, 0.25) is 5.95 Å². The second kappa shape index (κ2) is 4.64. The third-order valence-electron chi connectivity index (χ3n) is 4.25. The van der Waals surface area contributed by atoms with Crippen LogP contribution in [0.1, 0.15) is 6.42 Å². The van der Waals surface area contributed by atoms with Gasteiger partial charge in [0.05, 0.1) is 21.6 Å². The molecule has 2 aliphatic heterocycles. The lowest BCUT2D eigenvalue weighted by Gasteiger charge is -2.07. The average Bonchev–Trinajstić information content (AvgIpc) is 3.24. The minimum Gasteiger partial charge on any atom is -0.328 e. The topological polar surface area (TPSA) is 60.6 Å². The molecule has 0 amide bonds. The predicted molar refractivity (Wildman–Crippen MR) is 83.4 cm³/mol. The van der Waals surface area contributed by atoms with Crippen LogP contribution in [0.3, 0.4) is 0 Å². The first-order valence-electron chi connectivity index (χ1n) is 7.26. The molecule has 1 aromatic carbocycles. The largest absolute Gasteiger partial charge is 0.328 e. The highest BCUT2D eigenvalue weighted by molar-refractivity contribution is 6.31. The summed E-state index contributed by atoms with van der Waals surface area (Å²) in [6.45, 7) is 0.547. The second-order valence-corrected chi connectivity index (χ2v) is 5.93. The van der Waals surface area contributed by atoms with Crippen molar-refractivity contribution in [2.24, 2.45) is 0 Å². The van der Waals surface area contributed by atoms with Crippen LogP contribution in [0.4, 0.5) is 14.7 Å². The second-order valence-electron chi connectivity index (χ2n) is 5.52. The van der Waals surface area contributed by atoms with Crippen LogP contribution in [0.2, 0.25) is 5.02 Å². The van der Waals surface area contributed by atoms with E-state index in [1.165, 1.54) is 12.4 Å². The van der Waals surface area contributed by atoms with Gasteiger partial charge >= 0.3 is 0 Å². The lowest BCUT2D eigenvalue weighted by Crippen LogP contribution is -2.29. The summed E-state index contributed by atoms with van der Waals surface area (Å²) in [4.78, 5) is 8.56. The molecular formula is C15H9ClF2N6. The zero-order chi connectivity index (χ0) is 16.4. The molecule has 1 N–H and O–H groups in total. The summed E-state index contributed by atoms with van der Waals surface area (Å²) < 4.78 is 32.2. The SMILES string of the molecule is Fc1ccc(Cl)c(F)c1-c1nc2c3n1CCC=3n1ncnc1NC=2. The molecule has 2 aromatic heterocycles. The van der Waals surface area contributed by atoms with Crippen molar-refractivity contribution in [3.8, 4) is 11.4 Å². The summed E-state index contributed by atoms with van der Waals surface area (Å²) in [5, 5.41) is 8.45. The zero-order valence-corrected chi connectivity index (χ0v) is 12.8. The van der Waals surface area contributed by atoms with E-state index in [4.69, 9.17) is 11.6 Å². The van der Waals surface area contributed by atoms with E-state index >= 15 is 0 Å². The Morgan fingerprint density at radius 3 is 3.00 bits per heavy atom. The van der Waals surface area contributed by atoms with Crippen molar-refractivity contribution >= 4 is 29.4 Å². The van der Waals surface area contributed by atoms with Crippen LogP contribution in [0.15, 0.2) is 18.5 Å². The number of aromatic nitrogens is 5. The van der Waals surface area contributed by atoms with E-state index in [-0.39, 0.29) is 16.4 Å². The van der Waals surface area contributed by atoms with Crippen molar-refractivity contribution in [3.05, 3.63) is 45.8 Å². The van der Waals surface area contributed by atoms with Crippen LogP contribution in [-0.4, -0.2) is 24.3 Å². The molecule has 4 heterocycles. The Labute approximate surface area is 138 Å². The number of benzene rings is 1. The maximum atomic E-state index is 14.4. The lowest BCUT2D eigenvalue weighted by molar-refractivity contribution is 0.584. The standard InChI is InChI=1S/C15H9ClF2N6/c16-7-1-2-8(17)11(12(7)18)14-22-9-5-19-15-20-6-21-24(15)10-3-4-23(14)13(9)10/h1-2,5-6H,3-4H2,(H,19,20,21). The maximum Gasteiger partial charge on any atom is 0.229 e. The number of hydrogen-bond acceptors (Lipinski definition) is 4. The molecule has 6 nitrogen and oxygen atoms in total. The molecule has 0 fully saturated rings. The summed E-state index contributed by atoms with van der Waals surface area (Å²) in [6.07, 6.45) is 3.77. The van der Waals surface area contributed by atoms with E-state index in [1.807, 2.05) is 0 Å². The highest BCUT2D eigenvalue weighted by Gasteiger charge is 2.27. The number of fused-ring (bicyclic) bond motifs is 2. The molecular weight excluding hydrogens is 338 g/mol. The summed E-state index contributed by atoms with van der Waals surface area (Å²) in [6, 6.07) is 2.34. The van der Waals surface area contributed by atoms with Gasteiger partial charge in [-0.1, -0.05) is 11.6 Å². The van der Waals surface area contributed by atoms with Crippen LogP contribution in [0, 0.1) is 11.6 Å². The van der Waals surface area contributed by atoms with Crippen LogP contribution in [-0.2, 0) is 6.54 Å². The molecule has 0 atom stereocenters. The monoisotopic (exact) mass is 346 g/mol. The summed E-state index contributed by atoms with van der Waals surface area (Å²) in [7, 11) is 0. The fourth-order valence-corrected chi connectivity index (χ4v) is 3.39. The van der Waals surface area contributed by atoms with Gasteiger partial charge in [0.25, 0.3) is 0 Å². The molecule has 5 rings (SSSR count). The predicted octanol–water partition coefficient (Wildman–Crippen LogP) is 1.30. The number of anilines is 1. The Morgan fingerprint density at radius 2 is 2.12 bits per heavy atom. The van der Waals surface area contributed by atoms with E-state index in [0.717, 1.165) is 17.1 Å². The van der Waals surface area contributed by atoms with Gasteiger partial charge < -0.3 is 9.88 Å². The first-order chi connectivity index (χ1) is 11.6. The molecule has 0 aliphatic carbocycles. The van der Waals surface area contributed by atoms with Crippen LogP contribution < -0.4 is 16.0 Å². The average molecular weight is 347 g/mol. The highest BCUT2D eigenvalue weighted by Crippen LogP contribution is 2.30. The van der Waals surface area contributed by atoms with E-state index in [0.29, 0.717) is 24.3 Å². The number of rotatable bonds is 1. The van der Waals surface area contributed by atoms with Crippen molar-refractivity contribution < 1.29 is 8.78 Å². The highest BCUT2D eigenvalue weighted by atomic mass is 35.5. The molecule has 3 aromatic rings. The number of imidazole rings is 1. The fraction of sp³-hybridized carbons (Fsp3) is 0.133. The van der Waals surface area contributed by atoms with Gasteiger partial charge in [0.1, 0.15) is 23.3 Å². The van der Waals surface area contributed by atoms with E-state index < -0.39 is 11.6 Å². The van der Waals surface area contributed by atoms with Crippen molar-refractivity contribution in [1.82, 2.24) is 24.3 Å². The molecule has 0 bridgehead atoms. The first kappa shape index (κ1) is 13.7. The lowest BCUT2D eigenvalue weighted by atomic mass is 10.2. The van der Waals surface area contributed by atoms with Crippen LogP contribution in [0.25, 0.3) is 23.3 Å². The minimum atomic E-state index is -0.809. The molecule has 9 heteroatoms. The summed E-state index contributed by atoms with van der Waals surface area (Å²) >= 11 is 5.82. The number of hydrogen-bond donors (Lipinski definition) is 1. The Kier molecular flexibility index (Phi) is 2.64. The van der Waals surface area contributed by atoms with Crippen LogP contribution >= 0.6 is 11.6 Å². The molecule has 24 heavy (non-hydrogen) atoms. The van der Waals surface area contributed by atoms with Gasteiger partial charge in [0, 0.05) is 19.2 Å². The van der Waals surface area contributed by atoms with Gasteiger partial charge in [0.15, 0.2) is 5.82 Å². The first-order valence-corrected chi connectivity index (χ1v) is 7.63. The Morgan fingerprint density at radius 1 is 1.25 bits per heavy atom. The Hall–Kier alpha value is -2.74. The van der Waals surface area contributed by atoms with Gasteiger partial charge in [-0.2, -0.15) is 10.1 Å². The summed E-state index contributed by atoms with van der Waals surface area (Å²) in [5.41, 5.74) is 0.671. The van der Waals surface area contributed by atoms with Crippen LogP contribution in [0.5, 0.6) is 0 Å². The third-order valence-corrected chi connectivity index (χ3v) is 4.54. The zero-order valence-electron chi connectivity index (χ0n) is 12.1. The molecule has 0 saturated heterocycles. The molecule has 2 aliphatic rings. The van der Waals surface area contributed by atoms with Crippen molar-refractivity contribution in [2.45, 2.75) is 13.0 Å². The van der Waals surface area contributed by atoms with Gasteiger partial charge in [-0.25, -0.2) is 18.4 Å². The van der Waals surface area contributed by atoms with E-state index in [2.05, 4.69) is 20.4 Å². The summed E-state index contributed by atoms with van der Waals surface area (Å²) in [5.74, 6) is -0.709. The molecule has 0 radical (unpaired) electrons. The van der Waals surface area contributed by atoms with Crippen molar-refractivity contribution in [2.75, 3.05) is 5.32 Å². The molecule has 0 spiro atoms.